The van der Waals surface area contributed by atoms with E-state index in [2.05, 4.69) is 5.10 Å². The molecule has 0 saturated carbocycles. The summed E-state index contributed by atoms with van der Waals surface area (Å²) in [7, 11) is 0. The molecule has 0 radical (unpaired) electrons. The third kappa shape index (κ3) is 5.88. The fraction of sp³-hybridized carbons (Fsp3) is 0.370. The molecule has 2 heterocycles. The normalized spacial score (nSPS) is 14.4. The summed E-state index contributed by atoms with van der Waals surface area (Å²) in [6, 6.07) is 5.21. The number of carbonyl (C=O) groups is 2. The summed E-state index contributed by atoms with van der Waals surface area (Å²) in [5, 5.41) is 6.79. The highest BCUT2D eigenvalue weighted by molar-refractivity contribution is 6.31. The van der Waals surface area contributed by atoms with Gasteiger partial charge in [0.25, 0.3) is 5.91 Å². The van der Waals surface area contributed by atoms with E-state index in [0.717, 1.165) is 0 Å². The molecule has 4 rings (SSSR count). The van der Waals surface area contributed by atoms with Gasteiger partial charge in [-0.25, -0.2) is 27.0 Å². The van der Waals surface area contributed by atoms with E-state index in [4.69, 9.17) is 16.3 Å². The molecular weight excluding hydrogens is 540 g/mol. The van der Waals surface area contributed by atoms with Crippen LogP contribution in [0.25, 0.3) is 5.69 Å². The maximum atomic E-state index is 14.3. The number of hydrogen-bond acceptors (Lipinski definition) is 4. The zero-order chi connectivity index (χ0) is 28.6. The highest BCUT2D eigenvalue weighted by atomic mass is 35.5. The molecule has 7 nitrogen and oxygen atoms in total. The Labute approximate surface area is 227 Å². The van der Waals surface area contributed by atoms with E-state index in [1.165, 1.54) is 10.9 Å². The van der Waals surface area contributed by atoms with E-state index in [1.807, 2.05) is 5.32 Å². The van der Waals surface area contributed by atoms with Crippen molar-refractivity contribution in [3.8, 4) is 5.69 Å². The van der Waals surface area contributed by atoms with Crippen LogP contribution in [0.4, 0.5) is 28.0 Å². The number of likely N-dealkylation sites (tertiary alicyclic amines) is 1. The number of carbonyl (C=O) groups excluding carboxylic acids is 2. The molecule has 39 heavy (non-hydrogen) atoms. The SMILES string of the molecule is Cc1c(Cl)cccc1-n1ncc(C(=O)Nc2c(F)c(F)cc(F)c2F)c1C1CCN(C(=O)OC(C)(C)C)CC1. The van der Waals surface area contributed by atoms with Gasteiger partial charge < -0.3 is 15.0 Å². The fourth-order valence-electron chi connectivity index (χ4n) is 4.47. The molecule has 3 aromatic rings. The molecule has 1 saturated heterocycles. The number of benzene rings is 2. The van der Waals surface area contributed by atoms with Gasteiger partial charge in [0.15, 0.2) is 23.3 Å². The van der Waals surface area contributed by atoms with Gasteiger partial charge in [-0.15, -0.1) is 0 Å². The lowest BCUT2D eigenvalue weighted by molar-refractivity contribution is 0.0203. The minimum atomic E-state index is -1.73. The van der Waals surface area contributed by atoms with E-state index in [0.29, 0.717) is 47.9 Å². The van der Waals surface area contributed by atoms with Gasteiger partial charge in [-0.05, 0) is 58.2 Å². The molecule has 0 bridgehead atoms. The molecule has 1 N–H and O–H groups in total. The summed E-state index contributed by atoms with van der Waals surface area (Å²) in [5.41, 5.74) is -0.308. The number of hydrogen-bond donors (Lipinski definition) is 1. The third-order valence-electron chi connectivity index (χ3n) is 6.40. The Morgan fingerprint density at radius 3 is 2.28 bits per heavy atom. The summed E-state index contributed by atoms with van der Waals surface area (Å²) < 4.78 is 63.1. The molecule has 2 aromatic carbocycles. The maximum Gasteiger partial charge on any atom is 0.410 e. The second-order valence-electron chi connectivity index (χ2n) is 10.3. The molecule has 1 aliphatic rings. The van der Waals surface area contributed by atoms with Gasteiger partial charge in [0.05, 0.1) is 23.1 Å². The van der Waals surface area contributed by atoms with Gasteiger partial charge in [0, 0.05) is 30.1 Å². The number of amides is 2. The quantitative estimate of drug-likeness (QED) is 0.280. The minimum absolute atomic E-state index is 0.0476. The van der Waals surface area contributed by atoms with Gasteiger partial charge >= 0.3 is 6.09 Å². The molecule has 2 amide bonds. The van der Waals surface area contributed by atoms with E-state index in [-0.39, 0.29) is 17.5 Å². The van der Waals surface area contributed by atoms with Crippen LogP contribution >= 0.6 is 11.6 Å². The van der Waals surface area contributed by atoms with Crippen LogP contribution in [0.3, 0.4) is 0 Å². The second-order valence-corrected chi connectivity index (χ2v) is 10.7. The Hall–Kier alpha value is -3.60. The number of piperidine rings is 1. The van der Waals surface area contributed by atoms with Crippen molar-refractivity contribution in [3.05, 3.63) is 75.6 Å². The first-order chi connectivity index (χ1) is 18.3. The predicted molar refractivity (Wildman–Crippen MR) is 137 cm³/mol. The number of nitrogens with zero attached hydrogens (tertiary/aromatic N) is 3. The van der Waals surface area contributed by atoms with Crippen LogP contribution in [0.1, 0.15) is 61.1 Å². The standard InChI is InChI=1S/C27H27ClF4N4O3/c1-14-17(28)6-5-7-20(14)36-24(15-8-10-35(11-9-15)26(38)39-27(2,3)4)16(13-33-36)25(37)34-23-21(31)18(29)12-19(30)22(23)32/h5-7,12-13,15H,8-11H2,1-4H3,(H,34,37). The van der Waals surface area contributed by atoms with Crippen LogP contribution in [0.5, 0.6) is 0 Å². The highest BCUT2D eigenvalue weighted by Gasteiger charge is 2.33. The van der Waals surface area contributed by atoms with Gasteiger partial charge in [-0.3, -0.25) is 4.79 Å². The monoisotopic (exact) mass is 566 g/mol. The first-order valence-electron chi connectivity index (χ1n) is 12.2. The largest absolute Gasteiger partial charge is 0.444 e. The number of aromatic nitrogens is 2. The topological polar surface area (TPSA) is 76.5 Å². The molecule has 0 spiro atoms. The zero-order valence-corrected chi connectivity index (χ0v) is 22.5. The van der Waals surface area contributed by atoms with Crippen molar-refractivity contribution < 1.29 is 31.9 Å². The first-order valence-corrected chi connectivity index (χ1v) is 12.6. The van der Waals surface area contributed by atoms with Crippen molar-refractivity contribution in [2.24, 2.45) is 0 Å². The van der Waals surface area contributed by atoms with E-state index in [1.54, 1.807) is 50.8 Å². The average molecular weight is 567 g/mol. The number of nitrogens with one attached hydrogen (secondary N) is 1. The lowest BCUT2D eigenvalue weighted by Crippen LogP contribution is -2.41. The van der Waals surface area contributed by atoms with Gasteiger partial charge in [-0.2, -0.15) is 5.10 Å². The minimum Gasteiger partial charge on any atom is -0.444 e. The van der Waals surface area contributed by atoms with Crippen LogP contribution in [-0.4, -0.2) is 45.4 Å². The molecule has 12 heteroatoms. The fourth-order valence-corrected chi connectivity index (χ4v) is 4.64. The number of halogens is 5. The summed E-state index contributed by atoms with van der Waals surface area (Å²) in [4.78, 5) is 27.4. The van der Waals surface area contributed by atoms with Gasteiger partial charge in [-0.1, -0.05) is 17.7 Å². The second kappa shape index (κ2) is 10.9. The lowest BCUT2D eigenvalue weighted by atomic mass is 9.90. The van der Waals surface area contributed by atoms with Crippen molar-refractivity contribution in [1.29, 1.82) is 0 Å². The van der Waals surface area contributed by atoms with Crippen molar-refractivity contribution in [2.75, 3.05) is 18.4 Å². The van der Waals surface area contributed by atoms with Gasteiger partial charge in [0.1, 0.15) is 11.3 Å². The van der Waals surface area contributed by atoms with E-state index < -0.39 is 46.6 Å². The summed E-state index contributed by atoms with van der Waals surface area (Å²) in [6.07, 6.45) is 1.60. The van der Waals surface area contributed by atoms with Crippen LogP contribution in [0, 0.1) is 30.2 Å². The molecular formula is C27H27ClF4N4O3. The average Bonchev–Trinajstić information content (AvgIpc) is 3.31. The Kier molecular flexibility index (Phi) is 7.92. The Bertz CT molecular complexity index is 1400. The molecule has 1 fully saturated rings. The maximum absolute atomic E-state index is 14.3. The Morgan fingerprint density at radius 1 is 1.08 bits per heavy atom. The molecule has 1 aliphatic heterocycles. The van der Waals surface area contributed by atoms with Crippen molar-refractivity contribution in [1.82, 2.24) is 14.7 Å². The van der Waals surface area contributed by atoms with Crippen LogP contribution < -0.4 is 5.32 Å². The Morgan fingerprint density at radius 2 is 1.69 bits per heavy atom. The molecule has 0 aliphatic carbocycles. The number of rotatable bonds is 4. The number of anilines is 1. The smallest absolute Gasteiger partial charge is 0.410 e. The summed E-state index contributed by atoms with van der Waals surface area (Å²) in [6.45, 7) is 7.71. The molecule has 0 atom stereocenters. The summed E-state index contributed by atoms with van der Waals surface area (Å²) in [5.74, 6) is -8.08. The molecule has 208 valence electrons. The van der Waals surface area contributed by atoms with Crippen molar-refractivity contribution in [3.63, 3.8) is 0 Å². The van der Waals surface area contributed by atoms with Crippen LogP contribution in [0.2, 0.25) is 5.02 Å². The zero-order valence-electron chi connectivity index (χ0n) is 21.7. The van der Waals surface area contributed by atoms with Crippen molar-refractivity contribution >= 4 is 29.3 Å². The third-order valence-corrected chi connectivity index (χ3v) is 6.81. The lowest BCUT2D eigenvalue weighted by Gasteiger charge is -2.34. The molecule has 1 aromatic heterocycles. The van der Waals surface area contributed by atoms with Crippen molar-refractivity contribution in [2.45, 2.75) is 52.1 Å². The number of ether oxygens (including phenoxy) is 1. The first kappa shape index (κ1) is 28.4. The summed E-state index contributed by atoms with van der Waals surface area (Å²) >= 11 is 6.32. The van der Waals surface area contributed by atoms with E-state index in [9.17, 15) is 27.2 Å². The van der Waals surface area contributed by atoms with Crippen LogP contribution in [0.15, 0.2) is 30.5 Å². The van der Waals surface area contributed by atoms with Gasteiger partial charge in [0.2, 0.25) is 0 Å². The Balaban J connectivity index is 1.71. The molecule has 0 unspecified atom stereocenters. The predicted octanol–water partition coefficient (Wildman–Crippen LogP) is 6.76. The van der Waals surface area contributed by atoms with E-state index >= 15 is 0 Å². The van der Waals surface area contributed by atoms with Crippen LogP contribution in [-0.2, 0) is 4.74 Å². The highest BCUT2D eigenvalue weighted by Crippen LogP contribution is 2.35.